The lowest BCUT2D eigenvalue weighted by molar-refractivity contribution is 0.351. The second-order valence-corrected chi connectivity index (χ2v) is 5.38. The highest BCUT2D eigenvalue weighted by Crippen LogP contribution is 2.26. The van der Waals surface area contributed by atoms with Gasteiger partial charge >= 0.3 is 0 Å². The third kappa shape index (κ3) is 3.65. The molecule has 1 rings (SSSR count). The van der Waals surface area contributed by atoms with Crippen LogP contribution in [0.3, 0.4) is 0 Å². The zero-order chi connectivity index (χ0) is 11.5. The van der Waals surface area contributed by atoms with Crippen molar-refractivity contribution in [2.45, 2.75) is 52.9 Å². The summed E-state index contributed by atoms with van der Waals surface area (Å²) in [5.41, 5.74) is -0.291. The maximum Gasteiger partial charge on any atom is 0.194 e. The summed E-state index contributed by atoms with van der Waals surface area (Å²) in [5, 5.41) is 15.6. The minimum Gasteiger partial charge on any atom is -0.429 e. The molecule has 1 aliphatic rings. The average molecular weight is 210 g/mol. The molecular weight excluding hydrogens is 188 g/mol. The summed E-state index contributed by atoms with van der Waals surface area (Å²) in [7, 11) is 0. The molecule has 3 nitrogen and oxygen atoms in total. The first-order valence-electron chi connectivity index (χ1n) is 5.76. The lowest BCUT2D eigenvalue weighted by atomic mass is 9.89. The van der Waals surface area contributed by atoms with Gasteiger partial charge in [0, 0.05) is 11.3 Å². The van der Waals surface area contributed by atoms with Crippen molar-refractivity contribution in [3.63, 3.8) is 0 Å². The van der Waals surface area contributed by atoms with E-state index in [0.29, 0.717) is 5.90 Å². The Morgan fingerprint density at radius 1 is 1.07 bits per heavy atom. The van der Waals surface area contributed by atoms with E-state index in [1.807, 2.05) is 20.8 Å². The number of hydrogen-bond donors (Lipinski definition) is 2. The molecule has 86 valence electrons. The quantitative estimate of drug-likeness (QED) is 0.504. The maximum absolute atomic E-state index is 7.83. The van der Waals surface area contributed by atoms with Crippen LogP contribution in [0.5, 0.6) is 0 Å². The highest BCUT2D eigenvalue weighted by atomic mass is 16.5. The van der Waals surface area contributed by atoms with Crippen molar-refractivity contribution in [2.24, 2.45) is 11.3 Å². The fraction of sp³-hybridized carbons (Fsp3) is 0.833. The normalized spacial score (nSPS) is 18.6. The molecular formula is C12H22N2O. The average Bonchev–Trinajstić information content (AvgIpc) is 2.17. The van der Waals surface area contributed by atoms with Gasteiger partial charge in [-0.1, -0.05) is 40.0 Å². The Labute approximate surface area is 92.2 Å². The molecule has 0 aromatic rings. The second-order valence-electron chi connectivity index (χ2n) is 5.38. The minimum atomic E-state index is -0.291. The summed E-state index contributed by atoms with van der Waals surface area (Å²) in [6.07, 6.45) is 5.77. The SMILES string of the molecule is CC(C)(C)C(=N)OC(=N)C1CCCCC1. The van der Waals surface area contributed by atoms with Gasteiger partial charge in [-0.05, 0) is 12.8 Å². The van der Waals surface area contributed by atoms with Gasteiger partial charge < -0.3 is 4.74 Å². The molecule has 0 heterocycles. The molecule has 1 aliphatic carbocycles. The van der Waals surface area contributed by atoms with Gasteiger partial charge in [-0.3, -0.25) is 10.8 Å². The van der Waals surface area contributed by atoms with Crippen molar-refractivity contribution in [1.29, 1.82) is 10.8 Å². The van der Waals surface area contributed by atoms with Crippen LogP contribution in [0.1, 0.15) is 52.9 Å². The third-order valence-electron chi connectivity index (χ3n) is 2.87. The van der Waals surface area contributed by atoms with Crippen LogP contribution < -0.4 is 0 Å². The van der Waals surface area contributed by atoms with Gasteiger partial charge in [0.2, 0.25) is 0 Å². The fourth-order valence-corrected chi connectivity index (χ4v) is 1.71. The summed E-state index contributed by atoms with van der Waals surface area (Å²) in [4.78, 5) is 0. The molecule has 15 heavy (non-hydrogen) atoms. The van der Waals surface area contributed by atoms with Crippen LogP contribution in [0.2, 0.25) is 0 Å². The lowest BCUT2D eigenvalue weighted by Gasteiger charge is -2.25. The molecule has 0 unspecified atom stereocenters. The number of hydrogen-bond acceptors (Lipinski definition) is 3. The lowest BCUT2D eigenvalue weighted by Crippen LogP contribution is -2.29. The summed E-state index contributed by atoms with van der Waals surface area (Å²) in [5.74, 6) is 0.758. The summed E-state index contributed by atoms with van der Waals surface area (Å²) in [6, 6.07) is 0. The zero-order valence-corrected chi connectivity index (χ0v) is 10.0. The van der Waals surface area contributed by atoms with E-state index in [1.54, 1.807) is 0 Å². The van der Waals surface area contributed by atoms with E-state index in [-0.39, 0.29) is 17.2 Å². The molecule has 0 amide bonds. The Balaban J connectivity index is 2.44. The Hall–Kier alpha value is -0.860. The van der Waals surface area contributed by atoms with Gasteiger partial charge in [-0.2, -0.15) is 0 Å². The molecule has 0 aromatic heterocycles. The Morgan fingerprint density at radius 2 is 1.60 bits per heavy atom. The van der Waals surface area contributed by atoms with Gasteiger partial charge in [-0.25, -0.2) is 0 Å². The van der Waals surface area contributed by atoms with E-state index >= 15 is 0 Å². The van der Waals surface area contributed by atoms with Gasteiger partial charge in [0.1, 0.15) is 0 Å². The van der Waals surface area contributed by atoms with Crippen molar-refractivity contribution < 1.29 is 4.74 Å². The van der Waals surface area contributed by atoms with Crippen LogP contribution in [0.4, 0.5) is 0 Å². The minimum absolute atomic E-state index is 0.207. The smallest absolute Gasteiger partial charge is 0.194 e. The van der Waals surface area contributed by atoms with Crippen LogP contribution in [0.25, 0.3) is 0 Å². The first-order chi connectivity index (χ1) is 6.91. The van der Waals surface area contributed by atoms with E-state index in [1.165, 1.54) is 19.3 Å². The predicted molar refractivity (Wildman–Crippen MR) is 62.6 cm³/mol. The van der Waals surface area contributed by atoms with Crippen molar-refractivity contribution in [1.82, 2.24) is 0 Å². The highest BCUT2D eigenvalue weighted by Gasteiger charge is 2.25. The summed E-state index contributed by atoms with van der Waals surface area (Å²) < 4.78 is 5.32. The molecule has 0 aliphatic heterocycles. The summed E-state index contributed by atoms with van der Waals surface area (Å²) in [6.45, 7) is 5.80. The van der Waals surface area contributed by atoms with Gasteiger partial charge in [-0.15, -0.1) is 0 Å². The largest absolute Gasteiger partial charge is 0.429 e. The topological polar surface area (TPSA) is 56.9 Å². The Kier molecular flexibility index (Phi) is 3.89. The van der Waals surface area contributed by atoms with Crippen LogP contribution in [-0.2, 0) is 4.74 Å². The predicted octanol–water partition coefficient (Wildman–Crippen LogP) is 3.58. The van der Waals surface area contributed by atoms with Gasteiger partial charge in [0.15, 0.2) is 11.8 Å². The van der Waals surface area contributed by atoms with E-state index in [9.17, 15) is 0 Å². The van der Waals surface area contributed by atoms with E-state index in [2.05, 4.69) is 0 Å². The molecule has 0 aromatic carbocycles. The Morgan fingerprint density at radius 3 is 2.07 bits per heavy atom. The molecule has 0 saturated heterocycles. The van der Waals surface area contributed by atoms with E-state index in [0.717, 1.165) is 12.8 Å². The molecule has 0 spiro atoms. The van der Waals surface area contributed by atoms with E-state index in [4.69, 9.17) is 15.6 Å². The third-order valence-corrected chi connectivity index (χ3v) is 2.87. The first-order valence-corrected chi connectivity index (χ1v) is 5.76. The first kappa shape index (κ1) is 12.2. The zero-order valence-electron chi connectivity index (χ0n) is 10.0. The van der Waals surface area contributed by atoms with Crippen molar-refractivity contribution in [3.05, 3.63) is 0 Å². The number of nitrogens with one attached hydrogen (secondary N) is 2. The number of ether oxygens (including phenoxy) is 1. The molecule has 1 saturated carbocycles. The second kappa shape index (κ2) is 4.77. The van der Waals surface area contributed by atoms with Crippen LogP contribution in [-0.4, -0.2) is 11.8 Å². The van der Waals surface area contributed by atoms with Crippen molar-refractivity contribution in [2.75, 3.05) is 0 Å². The Bertz CT molecular complexity index is 247. The maximum atomic E-state index is 7.83. The molecule has 1 fully saturated rings. The molecule has 3 heteroatoms. The van der Waals surface area contributed by atoms with Crippen molar-refractivity contribution in [3.8, 4) is 0 Å². The van der Waals surface area contributed by atoms with Crippen LogP contribution >= 0.6 is 0 Å². The summed E-state index contributed by atoms with van der Waals surface area (Å²) >= 11 is 0. The monoisotopic (exact) mass is 210 g/mol. The molecule has 0 radical (unpaired) electrons. The van der Waals surface area contributed by atoms with Crippen molar-refractivity contribution >= 4 is 11.8 Å². The van der Waals surface area contributed by atoms with Gasteiger partial charge in [0.25, 0.3) is 0 Å². The number of rotatable bonds is 1. The molecule has 2 N–H and O–H groups in total. The van der Waals surface area contributed by atoms with Crippen LogP contribution in [0, 0.1) is 22.2 Å². The highest BCUT2D eigenvalue weighted by molar-refractivity contribution is 5.92. The van der Waals surface area contributed by atoms with Crippen LogP contribution in [0.15, 0.2) is 0 Å². The fourth-order valence-electron chi connectivity index (χ4n) is 1.71. The standard InChI is InChI=1S/C12H22N2O/c1-12(2,3)11(14)15-10(13)9-7-5-4-6-8-9/h9,13-14H,4-8H2,1-3H3. The molecule has 0 bridgehead atoms. The van der Waals surface area contributed by atoms with E-state index < -0.39 is 0 Å². The molecule has 0 atom stereocenters. The van der Waals surface area contributed by atoms with Gasteiger partial charge in [0.05, 0.1) is 0 Å².